The van der Waals surface area contributed by atoms with Crippen LogP contribution in [0, 0.1) is 16.2 Å². The molecule has 1 aliphatic rings. The van der Waals surface area contributed by atoms with E-state index >= 15 is 0 Å². The van der Waals surface area contributed by atoms with Gasteiger partial charge >= 0.3 is 24.1 Å². The fourth-order valence-electron chi connectivity index (χ4n) is 4.38. The second-order valence-electron chi connectivity index (χ2n) is 14.6. The second-order valence-corrected chi connectivity index (χ2v) is 14.6. The van der Waals surface area contributed by atoms with E-state index in [0.717, 1.165) is 17.7 Å². The molecular formula is C35H45F3O8. The van der Waals surface area contributed by atoms with Gasteiger partial charge in [-0.1, -0.05) is 42.5 Å². The van der Waals surface area contributed by atoms with Gasteiger partial charge in [0.25, 0.3) is 0 Å². The molecule has 1 aliphatic heterocycles. The summed E-state index contributed by atoms with van der Waals surface area (Å²) in [5, 5.41) is 0. The number of alkyl halides is 3. The van der Waals surface area contributed by atoms with Crippen LogP contribution in [0.1, 0.15) is 85.1 Å². The van der Waals surface area contributed by atoms with E-state index in [0.29, 0.717) is 0 Å². The van der Waals surface area contributed by atoms with E-state index in [9.17, 15) is 27.6 Å². The van der Waals surface area contributed by atoms with Gasteiger partial charge in [-0.25, -0.2) is 0 Å². The van der Waals surface area contributed by atoms with E-state index < -0.39 is 83.0 Å². The fourth-order valence-corrected chi connectivity index (χ4v) is 4.38. The Balaban J connectivity index is 2.17. The molecule has 0 bridgehead atoms. The molecule has 0 spiro atoms. The number of halogens is 3. The Labute approximate surface area is 268 Å². The van der Waals surface area contributed by atoms with Gasteiger partial charge in [0.1, 0.15) is 24.9 Å². The van der Waals surface area contributed by atoms with Crippen LogP contribution in [-0.2, 0) is 50.9 Å². The number of carbonyl (C=O) groups excluding carboxylic acids is 3. The van der Waals surface area contributed by atoms with E-state index in [1.165, 1.54) is 12.1 Å². The van der Waals surface area contributed by atoms with Crippen LogP contribution in [-0.4, -0.2) is 48.9 Å². The van der Waals surface area contributed by atoms with Crippen LogP contribution in [0.5, 0.6) is 0 Å². The molecule has 8 nitrogen and oxygen atoms in total. The quantitative estimate of drug-likeness (QED) is 0.218. The zero-order chi connectivity index (χ0) is 34.7. The molecule has 254 valence electrons. The van der Waals surface area contributed by atoms with E-state index in [-0.39, 0.29) is 12.2 Å². The molecule has 2 unspecified atom stereocenters. The summed E-state index contributed by atoms with van der Waals surface area (Å²) < 4.78 is 70.8. The van der Waals surface area contributed by atoms with Crippen molar-refractivity contribution in [1.29, 1.82) is 0 Å². The number of carbonyl (C=O) groups is 3. The number of esters is 3. The van der Waals surface area contributed by atoms with Gasteiger partial charge in [0.15, 0.2) is 12.2 Å². The maximum atomic E-state index is 13.5. The van der Waals surface area contributed by atoms with Crippen molar-refractivity contribution < 1.29 is 51.2 Å². The Kier molecular flexibility index (Phi) is 11.4. The molecule has 11 heteroatoms. The highest BCUT2D eigenvalue weighted by Crippen LogP contribution is 2.40. The fraction of sp³-hybridized carbons (Fsp3) is 0.571. The van der Waals surface area contributed by atoms with Crippen molar-refractivity contribution in [1.82, 2.24) is 0 Å². The molecule has 0 amide bonds. The summed E-state index contributed by atoms with van der Waals surface area (Å²) in [4.78, 5) is 39.5. The number of hydrogen-bond acceptors (Lipinski definition) is 8. The second kappa shape index (κ2) is 14.1. The predicted octanol–water partition coefficient (Wildman–Crippen LogP) is 7.24. The summed E-state index contributed by atoms with van der Waals surface area (Å²) in [7, 11) is 0. The summed E-state index contributed by atoms with van der Waals surface area (Å²) in [6.07, 6.45) is -10.6. The average molecular weight is 651 g/mol. The van der Waals surface area contributed by atoms with Crippen LogP contribution in [0.15, 0.2) is 54.6 Å². The number of rotatable bonds is 8. The van der Waals surface area contributed by atoms with Gasteiger partial charge in [-0.3, -0.25) is 14.4 Å². The summed E-state index contributed by atoms with van der Waals surface area (Å²) in [5.74, 6) is -1.84. The van der Waals surface area contributed by atoms with Crippen molar-refractivity contribution in [3.8, 4) is 0 Å². The lowest BCUT2D eigenvalue weighted by atomic mass is 9.88. The van der Waals surface area contributed by atoms with Crippen molar-refractivity contribution in [2.45, 2.75) is 106 Å². The van der Waals surface area contributed by atoms with Crippen molar-refractivity contribution in [3.05, 3.63) is 71.3 Å². The lowest BCUT2D eigenvalue weighted by Crippen LogP contribution is -2.60. The Morgan fingerprint density at radius 1 is 0.674 bits per heavy atom. The van der Waals surface area contributed by atoms with Gasteiger partial charge in [-0.2, -0.15) is 13.2 Å². The minimum Gasteiger partial charge on any atom is -0.462 e. The van der Waals surface area contributed by atoms with E-state index in [4.69, 9.17) is 23.7 Å². The Morgan fingerprint density at radius 3 is 1.65 bits per heavy atom. The monoisotopic (exact) mass is 650 g/mol. The van der Waals surface area contributed by atoms with Crippen LogP contribution >= 0.6 is 0 Å². The van der Waals surface area contributed by atoms with Crippen molar-refractivity contribution in [2.75, 3.05) is 6.61 Å². The minimum atomic E-state index is -4.57. The molecule has 1 saturated heterocycles. The highest BCUT2D eigenvalue weighted by Gasteiger charge is 2.53. The number of hydrogen-bond donors (Lipinski definition) is 0. The maximum absolute atomic E-state index is 13.5. The highest BCUT2D eigenvalue weighted by molar-refractivity contribution is 5.77. The van der Waals surface area contributed by atoms with Crippen LogP contribution in [0.3, 0.4) is 0 Å². The van der Waals surface area contributed by atoms with Crippen LogP contribution < -0.4 is 0 Å². The summed E-state index contributed by atoms with van der Waals surface area (Å²) in [6.45, 7) is 14.5. The molecule has 1 heterocycles. The molecule has 2 aromatic rings. The lowest BCUT2D eigenvalue weighted by molar-refractivity contribution is -0.265. The Hall–Kier alpha value is -3.44. The molecule has 0 aromatic heterocycles. The van der Waals surface area contributed by atoms with Crippen molar-refractivity contribution in [2.24, 2.45) is 16.2 Å². The van der Waals surface area contributed by atoms with Gasteiger partial charge < -0.3 is 23.7 Å². The third kappa shape index (κ3) is 9.78. The van der Waals surface area contributed by atoms with E-state index in [1.807, 2.05) is 30.3 Å². The minimum absolute atomic E-state index is 0.0131. The van der Waals surface area contributed by atoms with Crippen LogP contribution in [0.4, 0.5) is 13.2 Å². The zero-order valence-corrected chi connectivity index (χ0v) is 27.9. The van der Waals surface area contributed by atoms with Gasteiger partial charge in [0, 0.05) is 0 Å². The van der Waals surface area contributed by atoms with Gasteiger partial charge in [-0.15, -0.1) is 0 Å². The standard InChI is InChI=1S/C35H45F3O8/c1-32(2,3)29(39)43-20-24-26(45-30(40)33(4,5)6)28(46-31(41)34(7,8)9)27(42-19-21-13-11-10-12-14-21)25(44-24)22-15-17-23(18-16-22)35(36,37)38/h10-18,24-28H,19-20H2,1-9H3/t24?,25-,26+,27?,28-/m0/s1. The molecule has 0 N–H and O–H groups in total. The largest absolute Gasteiger partial charge is 0.462 e. The maximum Gasteiger partial charge on any atom is 0.416 e. The summed E-state index contributed by atoms with van der Waals surface area (Å²) in [6, 6.07) is 13.5. The lowest BCUT2D eigenvalue weighted by Gasteiger charge is -2.46. The molecule has 0 aliphatic carbocycles. The first-order chi connectivity index (χ1) is 21.1. The number of benzene rings is 2. The SMILES string of the molecule is CC(C)(C)C(=O)OCC1O[C@@H](c2ccc(C(F)(F)F)cc2)C(OCc2ccccc2)[C@@H](OC(=O)C(C)(C)C)[C@@H]1OC(=O)C(C)(C)C. The van der Waals surface area contributed by atoms with Gasteiger partial charge in [0.2, 0.25) is 0 Å². The molecule has 0 radical (unpaired) electrons. The van der Waals surface area contributed by atoms with Gasteiger partial charge in [0.05, 0.1) is 28.4 Å². The predicted molar refractivity (Wildman–Crippen MR) is 163 cm³/mol. The van der Waals surface area contributed by atoms with Gasteiger partial charge in [-0.05, 0) is 85.6 Å². The van der Waals surface area contributed by atoms with E-state index in [1.54, 1.807) is 62.3 Å². The number of ether oxygens (including phenoxy) is 5. The first-order valence-corrected chi connectivity index (χ1v) is 15.2. The molecule has 0 saturated carbocycles. The van der Waals surface area contributed by atoms with Crippen LogP contribution in [0.25, 0.3) is 0 Å². The Morgan fingerprint density at radius 2 is 1.17 bits per heavy atom. The normalized spacial score (nSPS) is 22.6. The highest BCUT2D eigenvalue weighted by atomic mass is 19.4. The zero-order valence-electron chi connectivity index (χ0n) is 27.9. The molecule has 3 rings (SSSR count). The van der Waals surface area contributed by atoms with Crippen molar-refractivity contribution in [3.63, 3.8) is 0 Å². The van der Waals surface area contributed by atoms with E-state index in [2.05, 4.69) is 0 Å². The first kappa shape index (κ1) is 37.0. The van der Waals surface area contributed by atoms with Crippen LogP contribution in [0.2, 0.25) is 0 Å². The first-order valence-electron chi connectivity index (χ1n) is 15.2. The average Bonchev–Trinajstić information content (AvgIpc) is 2.94. The Bertz CT molecular complexity index is 1340. The molecule has 46 heavy (non-hydrogen) atoms. The molecule has 5 atom stereocenters. The molecule has 2 aromatic carbocycles. The molecule has 1 fully saturated rings. The summed E-state index contributed by atoms with van der Waals surface area (Å²) in [5.41, 5.74) is -2.65. The smallest absolute Gasteiger partial charge is 0.416 e. The summed E-state index contributed by atoms with van der Waals surface area (Å²) >= 11 is 0. The molecular weight excluding hydrogens is 605 g/mol. The third-order valence-electron chi connectivity index (χ3n) is 7.19. The van der Waals surface area contributed by atoms with Crippen molar-refractivity contribution >= 4 is 17.9 Å². The topological polar surface area (TPSA) is 97.4 Å². The third-order valence-corrected chi connectivity index (χ3v) is 7.19.